The van der Waals surface area contributed by atoms with Crippen molar-refractivity contribution in [1.29, 1.82) is 0 Å². The van der Waals surface area contributed by atoms with E-state index < -0.39 is 5.41 Å². The molecule has 1 aromatic carbocycles. The number of benzene rings is 1. The van der Waals surface area contributed by atoms with Crippen molar-refractivity contribution in [2.24, 2.45) is 10.8 Å². The highest BCUT2D eigenvalue weighted by atomic mass is 16.5. The molecule has 0 saturated heterocycles. The third kappa shape index (κ3) is 2.80. The first kappa shape index (κ1) is 15.6. The summed E-state index contributed by atoms with van der Waals surface area (Å²) in [6.07, 6.45) is 8.49. The zero-order valence-corrected chi connectivity index (χ0v) is 14.2. The predicted molar refractivity (Wildman–Crippen MR) is 88.6 cm³/mol. The van der Waals surface area contributed by atoms with Crippen molar-refractivity contribution in [3.63, 3.8) is 0 Å². The average molecular weight is 300 g/mol. The molecule has 1 atom stereocenters. The van der Waals surface area contributed by atoms with Crippen LogP contribution < -0.4 is 0 Å². The van der Waals surface area contributed by atoms with Gasteiger partial charge >= 0.3 is 5.97 Å². The van der Waals surface area contributed by atoms with Crippen molar-refractivity contribution in [1.82, 2.24) is 0 Å². The third-order valence-corrected chi connectivity index (χ3v) is 5.47. The van der Waals surface area contributed by atoms with Gasteiger partial charge in [-0.3, -0.25) is 4.79 Å². The van der Waals surface area contributed by atoms with Gasteiger partial charge in [0.15, 0.2) is 0 Å². The first-order valence-corrected chi connectivity index (χ1v) is 8.71. The van der Waals surface area contributed by atoms with Gasteiger partial charge in [0.25, 0.3) is 0 Å². The van der Waals surface area contributed by atoms with Gasteiger partial charge in [-0.05, 0) is 57.6 Å². The van der Waals surface area contributed by atoms with Crippen molar-refractivity contribution in [2.75, 3.05) is 0 Å². The largest absolute Gasteiger partial charge is 0.456 e. The summed E-state index contributed by atoms with van der Waals surface area (Å²) in [7, 11) is 0. The van der Waals surface area contributed by atoms with Crippen molar-refractivity contribution in [2.45, 2.75) is 71.8 Å². The maximum Gasteiger partial charge on any atom is 0.311 e. The third-order valence-electron chi connectivity index (χ3n) is 5.47. The highest BCUT2D eigenvalue weighted by molar-refractivity contribution is 5.75. The lowest BCUT2D eigenvalue weighted by Crippen LogP contribution is -2.40. The molecule has 0 radical (unpaired) electrons. The zero-order valence-electron chi connectivity index (χ0n) is 14.2. The first-order chi connectivity index (χ1) is 10.4. The summed E-state index contributed by atoms with van der Waals surface area (Å²) >= 11 is 0. The summed E-state index contributed by atoms with van der Waals surface area (Å²) < 4.78 is 6.14. The maximum absolute atomic E-state index is 12.5. The fourth-order valence-electron chi connectivity index (χ4n) is 4.10. The summed E-state index contributed by atoms with van der Waals surface area (Å²) in [5, 5.41) is 0. The van der Waals surface area contributed by atoms with Crippen LogP contribution in [0.4, 0.5) is 0 Å². The minimum absolute atomic E-state index is 0.0514. The molecular weight excluding hydrogens is 272 g/mol. The van der Waals surface area contributed by atoms with Crippen molar-refractivity contribution < 1.29 is 9.53 Å². The summed E-state index contributed by atoms with van der Waals surface area (Å²) in [5.41, 5.74) is 2.36. The summed E-state index contributed by atoms with van der Waals surface area (Å²) in [4.78, 5) is 12.5. The van der Waals surface area contributed by atoms with Gasteiger partial charge in [-0.15, -0.1) is 0 Å². The molecule has 1 saturated carbocycles. The molecule has 2 heteroatoms. The van der Waals surface area contributed by atoms with Crippen LogP contribution in [0.5, 0.6) is 0 Å². The molecule has 0 N–H and O–H groups in total. The molecular formula is C20H28O2. The van der Waals surface area contributed by atoms with Crippen LogP contribution in [0.1, 0.15) is 76.5 Å². The Kier molecular flexibility index (Phi) is 4.05. The maximum atomic E-state index is 12.5. The molecule has 0 amide bonds. The Morgan fingerprint density at radius 1 is 1.09 bits per heavy atom. The van der Waals surface area contributed by atoms with E-state index in [0.717, 1.165) is 12.8 Å². The van der Waals surface area contributed by atoms with E-state index in [1.807, 2.05) is 20.8 Å². The number of rotatable bonds is 1. The summed E-state index contributed by atoms with van der Waals surface area (Å²) in [6, 6.07) is 8.55. The van der Waals surface area contributed by atoms with Gasteiger partial charge in [-0.1, -0.05) is 43.5 Å². The van der Waals surface area contributed by atoms with Crippen LogP contribution in [-0.4, -0.2) is 5.97 Å². The predicted octanol–water partition coefficient (Wildman–Crippen LogP) is 5.21. The van der Waals surface area contributed by atoms with Gasteiger partial charge in [0.1, 0.15) is 6.10 Å². The standard InChI is InChI=1S/C20H28O2/c1-19(2,3)18(21)22-17-16-10-6-5-9-15(16)11-14-20(17)12-7-4-8-13-20/h5-6,9-10,17H,4,7-8,11-14H2,1-3H3. The number of hydrogen-bond acceptors (Lipinski definition) is 2. The monoisotopic (exact) mass is 300 g/mol. The Labute approximate surface area is 134 Å². The van der Waals surface area contributed by atoms with Gasteiger partial charge in [0.05, 0.1) is 5.41 Å². The highest BCUT2D eigenvalue weighted by Crippen LogP contribution is 2.54. The van der Waals surface area contributed by atoms with E-state index in [-0.39, 0.29) is 17.5 Å². The van der Waals surface area contributed by atoms with Crippen LogP contribution in [0.15, 0.2) is 24.3 Å². The molecule has 120 valence electrons. The van der Waals surface area contributed by atoms with Gasteiger partial charge in [-0.2, -0.15) is 0 Å². The van der Waals surface area contributed by atoms with Crippen LogP contribution in [-0.2, 0) is 16.0 Å². The molecule has 2 aliphatic rings. The molecule has 0 heterocycles. The number of ether oxygens (including phenoxy) is 1. The van der Waals surface area contributed by atoms with Crippen LogP contribution in [0.3, 0.4) is 0 Å². The van der Waals surface area contributed by atoms with Gasteiger partial charge in [0.2, 0.25) is 0 Å². The minimum Gasteiger partial charge on any atom is -0.456 e. The van der Waals surface area contributed by atoms with Crippen LogP contribution in [0.2, 0.25) is 0 Å². The lowest BCUT2D eigenvalue weighted by atomic mass is 9.62. The molecule has 0 bridgehead atoms. The van der Waals surface area contributed by atoms with Gasteiger partial charge < -0.3 is 4.74 Å². The van der Waals surface area contributed by atoms with E-state index in [2.05, 4.69) is 24.3 Å². The SMILES string of the molecule is CC(C)(C)C(=O)OC1c2ccccc2CCC12CCCCC2. The molecule has 3 rings (SSSR count). The zero-order chi connectivity index (χ0) is 15.8. The van der Waals surface area contributed by atoms with E-state index in [0.29, 0.717) is 0 Å². The second-order valence-electron chi connectivity index (χ2n) is 8.16. The van der Waals surface area contributed by atoms with E-state index in [9.17, 15) is 4.79 Å². The Hall–Kier alpha value is -1.31. The highest BCUT2D eigenvalue weighted by Gasteiger charge is 2.46. The average Bonchev–Trinajstić information content (AvgIpc) is 2.50. The van der Waals surface area contributed by atoms with E-state index in [1.165, 1.54) is 43.2 Å². The number of carbonyl (C=O) groups is 1. The normalized spacial score (nSPS) is 23.9. The topological polar surface area (TPSA) is 26.3 Å². The Balaban J connectivity index is 1.97. The molecule has 0 aromatic heterocycles. The smallest absolute Gasteiger partial charge is 0.311 e. The quantitative estimate of drug-likeness (QED) is 0.665. The van der Waals surface area contributed by atoms with Crippen LogP contribution >= 0.6 is 0 Å². The number of esters is 1. The Morgan fingerprint density at radius 2 is 1.77 bits per heavy atom. The second kappa shape index (κ2) is 5.72. The molecule has 1 unspecified atom stereocenters. The lowest BCUT2D eigenvalue weighted by Gasteiger charge is -2.47. The molecule has 1 fully saturated rings. The summed E-state index contributed by atoms with van der Waals surface area (Å²) in [6.45, 7) is 5.83. The number of carbonyl (C=O) groups excluding carboxylic acids is 1. The molecule has 0 aliphatic heterocycles. The van der Waals surface area contributed by atoms with E-state index >= 15 is 0 Å². The Morgan fingerprint density at radius 3 is 2.45 bits per heavy atom. The van der Waals surface area contributed by atoms with Crippen LogP contribution in [0.25, 0.3) is 0 Å². The fraction of sp³-hybridized carbons (Fsp3) is 0.650. The lowest BCUT2D eigenvalue weighted by molar-refractivity contribution is -0.170. The summed E-state index contributed by atoms with van der Waals surface area (Å²) in [5.74, 6) is -0.0702. The van der Waals surface area contributed by atoms with E-state index in [1.54, 1.807) is 0 Å². The molecule has 2 aliphatic carbocycles. The molecule has 1 spiro atoms. The molecule has 1 aromatic rings. The van der Waals surface area contributed by atoms with Crippen molar-refractivity contribution in [3.05, 3.63) is 35.4 Å². The Bertz CT molecular complexity index is 547. The number of fused-ring (bicyclic) bond motifs is 1. The number of aryl methyl sites for hydroxylation is 1. The minimum atomic E-state index is -0.442. The number of hydrogen-bond donors (Lipinski definition) is 0. The second-order valence-corrected chi connectivity index (χ2v) is 8.16. The van der Waals surface area contributed by atoms with Gasteiger partial charge in [0, 0.05) is 5.41 Å². The molecule has 22 heavy (non-hydrogen) atoms. The van der Waals surface area contributed by atoms with Gasteiger partial charge in [-0.25, -0.2) is 0 Å². The van der Waals surface area contributed by atoms with Crippen molar-refractivity contribution in [3.8, 4) is 0 Å². The molecule has 2 nitrogen and oxygen atoms in total. The first-order valence-electron chi connectivity index (χ1n) is 8.71. The van der Waals surface area contributed by atoms with Crippen LogP contribution in [0, 0.1) is 10.8 Å². The van der Waals surface area contributed by atoms with Crippen molar-refractivity contribution >= 4 is 5.97 Å². The fourth-order valence-corrected chi connectivity index (χ4v) is 4.10. The van der Waals surface area contributed by atoms with E-state index in [4.69, 9.17) is 4.74 Å².